The SMILES string of the molecule is CCCNC(=NCC1(CCO)CCCCC1)NCC.I. The van der Waals surface area contributed by atoms with E-state index in [4.69, 9.17) is 4.99 Å². The second-order valence-corrected chi connectivity index (χ2v) is 5.66. The smallest absolute Gasteiger partial charge is 0.191 e. The average Bonchev–Trinajstić information content (AvgIpc) is 2.43. The highest BCUT2D eigenvalue weighted by Crippen LogP contribution is 2.39. The Morgan fingerprint density at radius 2 is 1.85 bits per heavy atom. The van der Waals surface area contributed by atoms with Gasteiger partial charge in [0.25, 0.3) is 0 Å². The van der Waals surface area contributed by atoms with Crippen molar-refractivity contribution in [1.82, 2.24) is 10.6 Å². The van der Waals surface area contributed by atoms with Gasteiger partial charge in [-0.05, 0) is 38.0 Å². The zero-order valence-corrected chi connectivity index (χ0v) is 15.4. The van der Waals surface area contributed by atoms with Crippen molar-refractivity contribution in [2.24, 2.45) is 10.4 Å². The van der Waals surface area contributed by atoms with Crippen molar-refractivity contribution in [1.29, 1.82) is 0 Å². The Bertz CT molecular complexity index is 260. The lowest BCUT2D eigenvalue weighted by atomic mass is 9.72. The molecule has 1 aliphatic rings. The third-order valence-corrected chi connectivity index (χ3v) is 4.02. The normalized spacial score (nSPS) is 18.2. The summed E-state index contributed by atoms with van der Waals surface area (Å²) in [4.78, 5) is 4.75. The van der Waals surface area contributed by atoms with Gasteiger partial charge in [-0.1, -0.05) is 26.2 Å². The molecule has 0 spiro atoms. The first-order valence-corrected chi connectivity index (χ1v) is 7.89. The molecule has 20 heavy (non-hydrogen) atoms. The maximum Gasteiger partial charge on any atom is 0.191 e. The molecule has 0 bridgehead atoms. The van der Waals surface area contributed by atoms with Crippen molar-refractivity contribution >= 4 is 29.9 Å². The number of hydrogen-bond donors (Lipinski definition) is 3. The van der Waals surface area contributed by atoms with Crippen LogP contribution in [0.15, 0.2) is 4.99 Å². The van der Waals surface area contributed by atoms with Gasteiger partial charge in [-0.3, -0.25) is 4.99 Å². The minimum atomic E-state index is 0. The molecule has 3 N–H and O–H groups in total. The van der Waals surface area contributed by atoms with Crippen LogP contribution in [0.4, 0.5) is 0 Å². The van der Waals surface area contributed by atoms with E-state index in [1.807, 2.05) is 0 Å². The molecule has 0 amide bonds. The van der Waals surface area contributed by atoms with Crippen LogP contribution in [0.3, 0.4) is 0 Å². The molecule has 0 radical (unpaired) electrons. The number of aliphatic hydroxyl groups excluding tert-OH is 1. The predicted molar refractivity (Wildman–Crippen MR) is 96.9 cm³/mol. The lowest BCUT2D eigenvalue weighted by Gasteiger charge is -2.35. The Kier molecular flexibility index (Phi) is 11.6. The van der Waals surface area contributed by atoms with Crippen LogP contribution in [-0.4, -0.2) is 37.3 Å². The lowest BCUT2D eigenvalue weighted by Crippen LogP contribution is -2.39. The number of guanidine groups is 1. The minimum absolute atomic E-state index is 0. The molecular formula is C15H32IN3O. The summed E-state index contributed by atoms with van der Waals surface area (Å²) in [6.45, 7) is 7.22. The fraction of sp³-hybridized carbons (Fsp3) is 0.933. The highest BCUT2D eigenvalue weighted by atomic mass is 127. The molecular weight excluding hydrogens is 365 g/mol. The van der Waals surface area contributed by atoms with Crippen molar-refractivity contribution in [3.63, 3.8) is 0 Å². The topological polar surface area (TPSA) is 56.7 Å². The van der Waals surface area contributed by atoms with Gasteiger partial charge in [-0.25, -0.2) is 0 Å². The van der Waals surface area contributed by atoms with Gasteiger partial charge in [-0.15, -0.1) is 24.0 Å². The van der Waals surface area contributed by atoms with E-state index in [2.05, 4.69) is 24.5 Å². The van der Waals surface area contributed by atoms with Crippen molar-refractivity contribution in [3.05, 3.63) is 0 Å². The third kappa shape index (κ3) is 7.11. The van der Waals surface area contributed by atoms with E-state index >= 15 is 0 Å². The van der Waals surface area contributed by atoms with Crippen LogP contribution in [0.5, 0.6) is 0 Å². The summed E-state index contributed by atoms with van der Waals surface area (Å²) < 4.78 is 0. The second kappa shape index (κ2) is 11.6. The zero-order valence-electron chi connectivity index (χ0n) is 13.1. The van der Waals surface area contributed by atoms with E-state index in [1.54, 1.807) is 0 Å². The predicted octanol–water partition coefficient (Wildman–Crippen LogP) is 2.90. The summed E-state index contributed by atoms with van der Waals surface area (Å²) in [6, 6.07) is 0. The van der Waals surface area contributed by atoms with Crippen molar-refractivity contribution in [3.8, 4) is 0 Å². The van der Waals surface area contributed by atoms with Crippen molar-refractivity contribution in [2.75, 3.05) is 26.2 Å². The van der Waals surface area contributed by atoms with Crippen molar-refractivity contribution in [2.45, 2.75) is 58.8 Å². The highest BCUT2D eigenvalue weighted by Gasteiger charge is 2.31. The maximum absolute atomic E-state index is 9.31. The Morgan fingerprint density at radius 1 is 1.15 bits per heavy atom. The van der Waals surface area contributed by atoms with Gasteiger partial charge < -0.3 is 15.7 Å². The number of rotatable bonds is 7. The standard InChI is InChI=1S/C15H31N3O.HI/c1-3-11-17-14(16-4-2)18-13-15(10-12-19)8-6-5-7-9-15;/h19H,3-13H2,1-2H3,(H2,16,17,18);1H. The first-order valence-electron chi connectivity index (χ1n) is 7.89. The van der Waals surface area contributed by atoms with Crippen molar-refractivity contribution < 1.29 is 5.11 Å². The van der Waals surface area contributed by atoms with Gasteiger partial charge in [0.15, 0.2) is 5.96 Å². The summed E-state index contributed by atoms with van der Waals surface area (Å²) in [5.74, 6) is 0.923. The molecule has 0 atom stereocenters. The number of hydrogen-bond acceptors (Lipinski definition) is 2. The van der Waals surface area contributed by atoms with E-state index in [0.717, 1.165) is 38.4 Å². The maximum atomic E-state index is 9.31. The number of aliphatic hydroxyl groups is 1. The fourth-order valence-corrected chi connectivity index (χ4v) is 2.86. The number of nitrogens with one attached hydrogen (secondary N) is 2. The Labute approximate surface area is 141 Å². The quantitative estimate of drug-likeness (QED) is 0.352. The van der Waals surface area contributed by atoms with E-state index in [0.29, 0.717) is 0 Å². The van der Waals surface area contributed by atoms with Crippen LogP contribution in [0, 0.1) is 5.41 Å². The second-order valence-electron chi connectivity index (χ2n) is 5.66. The summed E-state index contributed by atoms with van der Waals surface area (Å²) in [5, 5.41) is 16.0. The van der Waals surface area contributed by atoms with E-state index in [9.17, 15) is 5.11 Å². The van der Waals surface area contributed by atoms with Gasteiger partial charge in [0.1, 0.15) is 0 Å². The molecule has 0 saturated heterocycles. The van der Waals surface area contributed by atoms with Crippen LogP contribution >= 0.6 is 24.0 Å². The van der Waals surface area contributed by atoms with Gasteiger partial charge in [0.2, 0.25) is 0 Å². The Balaban J connectivity index is 0.00000361. The summed E-state index contributed by atoms with van der Waals surface area (Å²) in [7, 11) is 0. The molecule has 0 aromatic carbocycles. The molecule has 0 unspecified atom stereocenters. The molecule has 0 aromatic heterocycles. The van der Waals surface area contributed by atoms with Gasteiger partial charge in [0, 0.05) is 26.2 Å². The average molecular weight is 397 g/mol. The molecule has 1 rings (SSSR count). The highest BCUT2D eigenvalue weighted by molar-refractivity contribution is 14.0. The van der Waals surface area contributed by atoms with Gasteiger partial charge >= 0.3 is 0 Å². The Hall–Kier alpha value is -0.0400. The number of aliphatic imine (C=N–C) groups is 1. The Morgan fingerprint density at radius 3 is 2.40 bits per heavy atom. The molecule has 4 nitrogen and oxygen atoms in total. The van der Waals surface area contributed by atoms with E-state index in [1.165, 1.54) is 32.1 Å². The zero-order chi connectivity index (χ0) is 14.0. The molecule has 1 saturated carbocycles. The van der Waals surface area contributed by atoms with Gasteiger partial charge in [-0.2, -0.15) is 0 Å². The molecule has 0 aromatic rings. The van der Waals surface area contributed by atoms with Crippen LogP contribution in [0.2, 0.25) is 0 Å². The van der Waals surface area contributed by atoms with Gasteiger partial charge in [0.05, 0.1) is 0 Å². The largest absolute Gasteiger partial charge is 0.396 e. The van der Waals surface area contributed by atoms with E-state index < -0.39 is 0 Å². The first-order chi connectivity index (χ1) is 9.26. The first kappa shape index (κ1) is 20.0. The number of nitrogens with zero attached hydrogens (tertiary/aromatic N) is 1. The summed E-state index contributed by atoms with van der Waals surface area (Å²) in [5.41, 5.74) is 0.238. The fourth-order valence-electron chi connectivity index (χ4n) is 2.86. The summed E-state index contributed by atoms with van der Waals surface area (Å²) in [6.07, 6.45) is 8.33. The van der Waals surface area contributed by atoms with Crippen LogP contribution in [0.1, 0.15) is 58.8 Å². The van der Waals surface area contributed by atoms with E-state index in [-0.39, 0.29) is 36.0 Å². The minimum Gasteiger partial charge on any atom is -0.396 e. The molecule has 0 aliphatic heterocycles. The third-order valence-electron chi connectivity index (χ3n) is 4.02. The summed E-state index contributed by atoms with van der Waals surface area (Å²) >= 11 is 0. The molecule has 120 valence electrons. The monoisotopic (exact) mass is 397 g/mol. The molecule has 5 heteroatoms. The number of halogens is 1. The molecule has 0 heterocycles. The van der Waals surface area contributed by atoms with Crippen LogP contribution in [-0.2, 0) is 0 Å². The van der Waals surface area contributed by atoms with Crippen LogP contribution < -0.4 is 10.6 Å². The lowest BCUT2D eigenvalue weighted by molar-refractivity contribution is 0.137. The molecule has 1 aliphatic carbocycles. The molecule has 1 fully saturated rings. The van der Waals surface area contributed by atoms with Crippen LogP contribution in [0.25, 0.3) is 0 Å².